The van der Waals surface area contributed by atoms with Crippen LogP contribution in [0.4, 0.5) is 0 Å². The normalized spacial score (nSPS) is 52.7. The lowest BCUT2D eigenvalue weighted by Crippen LogP contribution is -2.54. The average Bonchev–Trinajstić information content (AvgIpc) is 2.92. The van der Waals surface area contributed by atoms with E-state index in [1.807, 2.05) is 0 Å². The summed E-state index contributed by atoms with van der Waals surface area (Å²) in [6.07, 6.45) is 15.7. The lowest BCUT2D eigenvalue weighted by Gasteiger charge is -2.60. The van der Waals surface area contributed by atoms with Gasteiger partial charge in [0.05, 0.1) is 0 Å². The highest BCUT2D eigenvalue weighted by Crippen LogP contribution is 2.67. The van der Waals surface area contributed by atoms with E-state index in [1.54, 1.807) is 5.57 Å². The van der Waals surface area contributed by atoms with Crippen LogP contribution in [0.5, 0.6) is 0 Å². The number of hydrogen-bond donors (Lipinski definition) is 1. The van der Waals surface area contributed by atoms with E-state index in [9.17, 15) is 0 Å². The molecule has 1 nitrogen and oxygen atoms in total. The maximum Gasteiger partial charge on any atom is 0.00699 e. The van der Waals surface area contributed by atoms with Gasteiger partial charge in [0.2, 0.25) is 0 Å². The number of hydrogen-bond acceptors (Lipinski definition) is 1. The third-order valence-corrected chi connectivity index (χ3v) is 9.35. The molecule has 0 aromatic rings. The van der Waals surface area contributed by atoms with E-state index in [1.165, 1.54) is 57.8 Å². The summed E-state index contributed by atoms with van der Waals surface area (Å²) in [7, 11) is 0. The summed E-state index contributed by atoms with van der Waals surface area (Å²) in [5.74, 6) is 4.03. The Bertz CT molecular complexity index is 508. The quantitative estimate of drug-likeness (QED) is 0.617. The second kappa shape index (κ2) is 6.15. The molecule has 1 heteroatoms. The fourth-order valence-electron chi connectivity index (χ4n) is 8.05. The van der Waals surface area contributed by atoms with Gasteiger partial charge in [-0.2, -0.15) is 0 Å². The molecule has 4 fully saturated rings. The van der Waals surface area contributed by atoms with E-state index in [0.717, 1.165) is 36.3 Å². The smallest absolute Gasteiger partial charge is 0.00699 e. The molecule has 24 heavy (non-hydrogen) atoms. The molecular formula is C23H39N. The Morgan fingerprint density at radius 3 is 2.62 bits per heavy atom. The Morgan fingerprint density at radius 1 is 1.04 bits per heavy atom. The molecule has 0 saturated heterocycles. The number of rotatable bonds is 2. The first-order valence-electron chi connectivity index (χ1n) is 10.9. The zero-order valence-corrected chi connectivity index (χ0v) is 16.5. The molecule has 7 atom stereocenters. The summed E-state index contributed by atoms with van der Waals surface area (Å²) in [4.78, 5) is 0. The van der Waals surface area contributed by atoms with Gasteiger partial charge >= 0.3 is 0 Å². The first-order valence-corrected chi connectivity index (χ1v) is 10.9. The monoisotopic (exact) mass is 329 g/mol. The van der Waals surface area contributed by atoms with Crippen molar-refractivity contribution in [3.63, 3.8) is 0 Å². The zero-order valence-electron chi connectivity index (χ0n) is 16.5. The van der Waals surface area contributed by atoms with Gasteiger partial charge in [0, 0.05) is 6.04 Å². The molecule has 1 unspecified atom stereocenters. The highest BCUT2D eigenvalue weighted by atomic mass is 14.9. The first-order chi connectivity index (χ1) is 11.5. The van der Waals surface area contributed by atoms with Gasteiger partial charge in [-0.25, -0.2) is 0 Å². The lowest BCUT2D eigenvalue weighted by atomic mass is 9.45. The highest BCUT2D eigenvalue weighted by molar-refractivity contribution is 5.23. The third-order valence-electron chi connectivity index (χ3n) is 9.35. The van der Waals surface area contributed by atoms with E-state index in [-0.39, 0.29) is 0 Å². The van der Waals surface area contributed by atoms with Crippen molar-refractivity contribution in [2.75, 3.05) is 6.54 Å². The second-order valence-corrected chi connectivity index (χ2v) is 9.99. The Kier molecular flexibility index (Phi) is 4.39. The van der Waals surface area contributed by atoms with Crippen molar-refractivity contribution in [3.8, 4) is 0 Å². The van der Waals surface area contributed by atoms with Crippen molar-refractivity contribution in [2.24, 2.45) is 34.5 Å². The minimum Gasteiger partial charge on any atom is -0.314 e. The second-order valence-electron chi connectivity index (χ2n) is 9.99. The minimum atomic E-state index is 0.556. The highest BCUT2D eigenvalue weighted by Gasteiger charge is 2.58. The molecule has 0 radical (unpaired) electrons. The van der Waals surface area contributed by atoms with E-state index < -0.39 is 0 Å². The van der Waals surface area contributed by atoms with E-state index in [2.05, 4.69) is 39.1 Å². The SMILES string of the molecule is C/C=C1/CC[C@H]2[C@@H]3CCC4C[C@@H](NCC)CC[C@]4(C)[C@H]3CC[C@]12C. The van der Waals surface area contributed by atoms with E-state index in [4.69, 9.17) is 0 Å². The van der Waals surface area contributed by atoms with Gasteiger partial charge in [0.1, 0.15) is 0 Å². The number of allylic oxidation sites excluding steroid dienone is 2. The van der Waals surface area contributed by atoms with E-state index in [0.29, 0.717) is 10.8 Å². The van der Waals surface area contributed by atoms with Crippen LogP contribution >= 0.6 is 0 Å². The Labute approximate surface area is 150 Å². The topological polar surface area (TPSA) is 12.0 Å². The molecule has 4 aliphatic rings. The van der Waals surface area contributed by atoms with Crippen LogP contribution in [0.25, 0.3) is 0 Å². The van der Waals surface area contributed by atoms with Crippen LogP contribution < -0.4 is 5.32 Å². The molecule has 4 aliphatic carbocycles. The summed E-state index contributed by atoms with van der Waals surface area (Å²) in [6.45, 7) is 11.0. The number of nitrogens with one attached hydrogen (secondary N) is 1. The molecule has 136 valence electrons. The van der Waals surface area contributed by atoms with Gasteiger partial charge < -0.3 is 5.32 Å². The molecule has 4 saturated carbocycles. The van der Waals surface area contributed by atoms with Crippen molar-refractivity contribution in [1.29, 1.82) is 0 Å². The third kappa shape index (κ3) is 2.37. The average molecular weight is 330 g/mol. The first kappa shape index (κ1) is 17.1. The van der Waals surface area contributed by atoms with Crippen molar-refractivity contribution < 1.29 is 0 Å². The van der Waals surface area contributed by atoms with Crippen LogP contribution in [-0.4, -0.2) is 12.6 Å². The largest absolute Gasteiger partial charge is 0.314 e. The van der Waals surface area contributed by atoms with Crippen LogP contribution in [0, 0.1) is 34.5 Å². The maximum absolute atomic E-state index is 3.76. The Balaban J connectivity index is 1.56. The molecule has 0 aromatic carbocycles. The van der Waals surface area contributed by atoms with Crippen molar-refractivity contribution in [1.82, 2.24) is 5.32 Å². The summed E-state index contributed by atoms with van der Waals surface area (Å²) in [6, 6.07) is 0.805. The van der Waals surface area contributed by atoms with Crippen LogP contribution in [0.2, 0.25) is 0 Å². The van der Waals surface area contributed by atoms with Gasteiger partial charge in [0.25, 0.3) is 0 Å². The molecule has 0 spiro atoms. The Morgan fingerprint density at radius 2 is 1.88 bits per heavy atom. The van der Waals surface area contributed by atoms with Gasteiger partial charge in [-0.3, -0.25) is 0 Å². The fourth-order valence-corrected chi connectivity index (χ4v) is 8.05. The molecule has 0 aromatic heterocycles. The van der Waals surface area contributed by atoms with Crippen LogP contribution in [0.1, 0.15) is 85.5 Å². The molecule has 0 heterocycles. The van der Waals surface area contributed by atoms with Crippen molar-refractivity contribution in [2.45, 2.75) is 91.5 Å². The maximum atomic E-state index is 3.76. The zero-order chi connectivity index (χ0) is 16.9. The van der Waals surface area contributed by atoms with Gasteiger partial charge in [-0.1, -0.05) is 32.4 Å². The lowest BCUT2D eigenvalue weighted by molar-refractivity contribution is -0.102. The predicted octanol–water partition coefficient (Wildman–Crippen LogP) is 5.95. The molecular weight excluding hydrogens is 290 g/mol. The van der Waals surface area contributed by atoms with Crippen molar-refractivity contribution >= 4 is 0 Å². The van der Waals surface area contributed by atoms with E-state index >= 15 is 0 Å². The summed E-state index contributed by atoms with van der Waals surface area (Å²) >= 11 is 0. The van der Waals surface area contributed by atoms with Gasteiger partial charge in [-0.05, 0) is 106 Å². The predicted molar refractivity (Wildman–Crippen MR) is 103 cm³/mol. The van der Waals surface area contributed by atoms with Gasteiger partial charge in [0.15, 0.2) is 0 Å². The molecule has 0 aliphatic heterocycles. The molecule has 0 amide bonds. The molecule has 0 bridgehead atoms. The Hall–Kier alpha value is -0.300. The van der Waals surface area contributed by atoms with Crippen LogP contribution in [-0.2, 0) is 0 Å². The van der Waals surface area contributed by atoms with Crippen LogP contribution in [0.3, 0.4) is 0 Å². The minimum absolute atomic E-state index is 0.556. The summed E-state index contributed by atoms with van der Waals surface area (Å²) in [5, 5.41) is 3.76. The van der Waals surface area contributed by atoms with Crippen molar-refractivity contribution in [3.05, 3.63) is 11.6 Å². The molecule has 1 N–H and O–H groups in total. The number of fused-ring (bicyclic) bond motifs is 5. The van der Waals surface area contributed by atoms with Crippen LogP contribution in [0.15, 0.2) is 11.6 Å². The summed E-state index contributed by atoms with van der Waals surface area (Å²) < 4.78 is 0. The standard InChI is InChI=1S/C23H39N/c1-5-16-8-10-20-19-9-7-17-15-18(24-6-2)11-13-23(17,4)21(19)12-14-22(16,20)3/h5,17-21,24H,6-15H2,1-4H3/b16-5-/t17?,18-,19-,20-,21-,22+,23-/m0/s1. The molecule has 4 rings (SSSR count). The summed E-state index contributed by atoms with van der Waals surface area (Å²) in [5.41, 5.74) is 3.00. The fraction of sp³-hybridized carbons (Fsp3) is 0.913. The van der Waals surface area contributed by atoms with Gasteiger partial charge in [-0.15, -0.1) is 0 Å².